The third-order valence-corrected chi connectivity index (χ3v) is 3.40. The molecule has 0 spiro atoms. The van der Waals surface area contributed by atoms with Crippen molar-refractivity contribution in [3.05, 3.63) is 59.4 Å². The zero-order chi connectivity index (χ0) is 14.7. The van der Waals surface area contributed by atoms with E-state index in [-0.39, 0.29) is 11.9 Å². The normalized spacial score (nSPS) is 12.2. The Morgan fingerprint density at radius 2 is 1.80 bits per heavy atom. The largest absolute Gasteiger partial charge is 0.344 e. The molecule has 1 unspecified atom stereocenters. The predicted octanol–water partition coefficient (Wildman–Crippen LogP) is 3.79. The molecule has 3 heteroatoms. The van der Waals surface area contributed by atoms with Crippen molar-refractivity contribution in [3.63, 3.8) is 0 Å². The maximum Gasteiger partial charge on any atom is 0.128 e. The van der Waals surface area contributed by atoms with Crippen LogP contribution in [0.4, 0.5) is 15.8 Å². The molecule has 2 nitrogen and oxygen atoms in total. The molecule has 0 aromatic heterocycles. The van der Waals surface area contributed by atoms with E-state index in [9.17, 15) is 4.39 Å². The number of hydrogen-bond acceptors (Lipinski definition) is 2. The Bertz CT molecular complexity index is 576. The second kappa shape index (κ2) is 6.06. The van der Waals surface area contributed by atoms with Gasteiger partial charge in [0, 0.05) is 30.0 Å². The minimum absolute atomic E-state index is 0.0722. The van der Waals surface area contributed by atoms with Gasteiger partial charge in [0.05, 0.1) is 0 Å². The molecule has 0 saturated heterocycles. The summed E-state index contributed by atoms with van der Waals surface area (Å²) in [5.74, 6) is -0.196. The molecule has 0 aliphatic rings. The Morgan fingerprint density at radius 1 is 1.15 bits per heavy atom. The molecule has 2 aromatic rings. The van der Waals surface area contributed by atoms with E-state index in [1.165, 1.54) is 11.6 Å². The molecule has 0 saturated carbocycles. The van der Waals surface area contributed by atoms with E-state index in [2.05, 4.69) is 12.1 Å². The van der Waals surface area contributed by atoms with Gasteiger partial charge in [-0.15, -0.1) is 0 Å². The molecular formula is C17H21FN2. The Labute approximate surface area is 120 Å². The molecule has 0 radical (unpaired) electrons. The molecule has 2 rings (SSSR count). The van der Waals surface area contributed by atoms with Gasteiger partial charge < -0.3 is 10.6 Å². The van der Waals surface area contributed by atoms with Gasteiger partial charge in [-0.2, -0.15) is 0 Å². The van der Waals surface area contributed by atoms with Crippen molar-refractivity contribution < 1.29 is 4.39 Å². The van der Waals surface area contributed by atoms with Gasteiger partial charge in [0.1, 0.15) is 5.82 Å². The fourth-order valence-electron chi connectivity index (χ4n) is 2.29. The summed E-state index contributed by atoms with van der Waals surface area (Å²) in [6.45, 7) is 3.94. The highest BCUT2D eigenvalue weighted by Crippen LogP contribution is 2.29. The van der Waals surface area contributed by atoms with Gasteiger partial charge in [-0.05, 0) is 44.5 Å². The fourth-order valence-corrected chi connectivity index (χ4v) is 2.29. The van der Waals surface area contributed by atoms with Crippen LogP contribution in [0.2, 0.25) is 0 Å². The van der Waals surface area contributed by atoms with Crippen LogP contribution in [-0.4, -0.2) is 13.1 Å². The first-order chi connectivity index (χ1) is 9.49. The van der Waals surface area contributed by atoms with Gasteiger partial charge in [0.2, 0.25) is 0 Å². The smallest absolute Gasteiger partial charge is 0.128 e. The van der Waals surface area contributed by atoms with Crippen molar-refractivity contribution in [2.45, 2.75) is 26.3 Å². The minimum Gasteiger partial charge on any atom is -0.344 e. The number of nitrogens with zero attached hydrogens (tertiary/aromatic N) is 1. The molecule has 0 amide bonds. The topological polar surface area (TPSA) is 29.3 Å². The lowest BCUT2D eigenvalue weighted by atomic mass is 10.0. The van der Waals surface area contributed by atoms with Gasteiger partial charge in [-0.25, -0.2) is 4.39 Å². The monoisotopic (exact) mass is 272 g/mol. The third kappa shape index (κ3) is 3.17. The van der Waals surface area contributed by atoms with E-state index < -0.39 is 0 Å². The molecule has 20 heavy (non-hydrogen) atoms. The predicted molar refractivity (Wildman–Crippen MR) is 83.0 cm³/mol. The van der Waals surface area contributed by atoms with Crippen LogP contribution in [0.3, 0.4) is 0 Å². The number of rotatable bonds is 4. The van der Waals surface area contributed by atoms with Gasteiger partial charge in [-0.3, -0.25) is 0 Å². The van der Waals surface area contributed by atoms with Gasteiger partial charge in [0.25, 0.3) is 0 Å². The molecule has 1 atom stereocenters. The highest BCUT2D eigenvalue weighted by Gasteiger charge is 2.14. The molecule has 0 heterocycles. The van der Waals surface area contributed by atoms with Crippen LogP contribution in [0.1, 0.15) is 18.1 Å². The first-order valence-electron chi connectivity index (χ1n) is 6.82. The zero-order valence-corrected chi connectivity index (χ0v) is 12.2. The zero-order valence-electron chi connectivity index (χ0n) is 12.2. The summed E-state index contributed by atoms with van der Waals surface area (Å²) in [6, 6.07) is 13.3. The average Bonchev–Trinajstić information content (AvgIpc) is 2.41. The average molecular weight is 272 g/mol. The summed E-state index contributed by atoms with van der Waals surface area (Å²) in [5, 5.41) is 0. The maximum atomic E-state index is 14.1. The number of halogens is 1. The number of anilines is 2. The van der Waals surface area contributed by atoms with E-state index in [1.807, 2.05) is 44.0 Å². The van der Waals surface area contributed by atoms with Crippen molar-refractivity contribution in [2.75, 3.05) is 11.9 Å². The lowest BCUT2D eigenvalue weighted by Gasteiger charge is -2.24. The number of nitrogens with two attached hydrogens (primary N) is 1. The summed E-state index contributed by atoms with van der Waals surface area (Å²) < 4.78 is 14.1. The van der Waals surface area contributed by atoms with Crippen molar-refractivity contribution in [2.24, 2.45) is 5.73 Å². The highest BCUT2D eigenvalue weighted by atomic mass is 19.1. The van der Waals surface area contributed by atoms with Crippen molar-refractivity contribution in [1.29, 1.82) is 0 Å². The lowest BCUT2D eigenvalue weighted by Crippen LogP contribution is -2.21. The van der Waals surface area contributed by atoms with Gasteiger partial charge >= 0.3 is 0 Å². The van der Waals surface area contributed by atoms with Crippen molar-refractivity contribution in [3.8, 4) is 0 Å². The Balaban J connectivity index is 2.41. The molecule has 106 valence electrons. The molecule has 0 aliphatic heterocycles. The van der Waals surface area contributed by atoms with Crippen LogP contribution in [0.5, 0.6) is 0 Å². The lowest BCUT2D eigenvalue weighted by molar-refractivity contribution is 0.596. The van der Waals surface area contributed by atoms with Crippen LogP contribution in [0, 0.1) is 12.7 Å². The molecule has 2 N–H and O–H groups in total. The van der Waals surface area contributed by atoms with E-state index in [1.54, 1.807) is 6.07 Å². The highest BCUT2D eigenvalue weighted by molar-refractivity contribution is 5.66. The van der Waals surface area contributed by atoms with Crippen LogP contribution < -0.4 is 10.6 Å². The molecule has 0 fully saturated rings. The SMILES string of the molecule is Cc1ccc(N(C)c2cccc(F)c2CC(C)N)cc1. The summed E-state index contributed by atoms with van der Waals surface area (Å²) >= 11 is 0. The van der Waals surface area contributed by atoms with E-state index in [4.69, 9.17) is 5.73 Å². The first kappa shape index (κ1) is 14.5. The van der Waals surface area contributed by atoms with Gasteiger partial charge in [-0.1, -0.05) is 23.8 Å². The van der Waals surface area contributed by atoms with E-state index in [0.29, 0.717) is 12.0 Å². The van der Waals surface area contributed by atoms with E-state index >= 15 is 0 Å². The second-order valence-corrected chi connectivity index (χ2v) is 5.31. The second-order valence-electron chi connectivity index (χ2n) is 5.31. The number of benzene rings is 2. The summed E-state index contributed by atoms with van der Waals surface area (Å²) in [5.41, 5.74) is 9.61. The number of hydrogen-bond donors (Lipinski definition) is 1. The fraction of sp³-hybridized carbons (Fsp3) is 0.294. The minimum atomic E-state index is -0.196. The quantitative estimate of drug-likeness (QED) is 0.917. The van der Waals surface area contributed by atoms with Crippen molar-refractivity contribution in [1.82, 2.24) is 0 Å². The summed E-state index contributed by atoms with van der Waals surface area (Å²) in [4.78, 5) is 2.00. The first-order valence-corrected chi connectivity index (χ1v) is 6.82. The molecule has 2 aromatic carbocycles. The summed E-state index contributed by atoms with van der Waals surface area (Å²) in [7, 11) is 1.95. The van der Waals surface area contributed by atoms with E-state index in [0.717, 1.165) is 11.4 Å². The standard InChI is InChI=1S/C17H21FN2/c1-12-7-9-14(10-8-12)20(3)17-6-4-5-16(18)15(17)11-13(2)19/h4-10,13H,11,19H2,1-3H3. The Morgan fingerprint density at radius 3 is 2.40 bits per heavy atom. The van der Waals surface area contributed by atoms with Crippen LogP contribution in [0.25, 0.3) is 0 Å². The molecule has 0 bridgehead atoms. The Hall–Kier alpha value is -1.87. The van der Waals surface area contributed by atoms with Crippen molar-refractivity contribution >= 4 is 11.4 Å². The maximum absolute atomic E-state index is 14.1. The molecule has 0 aliphatic carbocycles. The van der Waals surface area contributed by atoms with Gasteiger partial charge in [0.15, 0.2) is 0 Å². The third-order valence-electron chi connectivity index (χ3n) is 3.40. The molecular weight excluding hydrogens is 251 g/mol. The van der Waals surface area contributed by atoms with Crippen LogP contribution in [0.15, 0.2) is 42.5 Å². The Kier molecular flexibility index (Phi) is 4.40. The number of aryl methyl sites for hydroxylation is 1. The summed E-state index contributed by atoms with van der Waals surface area (Å²) in [6.07, 6.45) is 0.526. The van der Waals surface area contributed by atoms with Crippen LogP contribution >= 0.6 is 0 Å². The van der Waals surface area contributed by atoms with Crippen LogP contribution in [-0.2, 0) is 6.42 Å².